The second kappa shape index (κ2) is 13.6. The molecule has 0 saturated heterocycles. The molecule has 6 heterocycles. The molecule has 0 aliphatic carbocycles. The Morgan fingerprint density at radius 2 is 0.800 bits per heavy atom. The first-order chi connectivity index (χ1) is 27.2. The second-order valence-corrected chi connectivity index (χ2v) is 12.5. The molecule has 0 fully saturated rings. The van der Waals surface area contributed by atoms with Crippen molar-refractivity contribution in [3.8, 4) is 52.2 Å². The van der Waals surface area contributed by atoms with E-state index < -0.39 is 0 Å². The number of pyridine rings is 4. The molecule has 0 aliphatic heterocycles. The van der Waals surface area contributed by atoms with Gasteiger partial charge in [-0.3, -0.25) is 14.5 Å². The second-order valence-electron chi connectivity index (χ2n) is 12.5. The number of hydrogen-bond donors (Lipinski definition) is 0. The van der Waals surface area contributed by atoms with Crippen LogP contribution in [0.3, 0.4) is 0 Å². The van der Waals surface area contributed by atoms with E-state index in [1.165, 1.54) is 0 Å². The van der Waals surface area contributed by atoms with Crippen molar-refractivity contribution in [2.24, 2.45) is 0 Å². The van der Waals surface area contributed by atoms with Crippen LogP contribution < -0.4 is 18.9 Å². The molecule has 0 atom stereocenters. The monoisotopic (exact) mass is 717 g/mol. The fourth-order valence-corrected chi connectivity index (χ4v) is 6.53. The van der Waals surface area contributed by atoms with E-state index in [1.807, 2.05) is 126 Å². The van der Waals surface area contributed by atoms with Crippen LogP contribution >= 0.6 is 0 Å². The van der Waals surface area contributed by atoms with Crippen LogP contribution in [0.2, 0.25) is 0 Å². The number of nitrogens with zero attached hydrogens (tertiary/aromatic N) is 7. The summed E-state index contributed by atoms with van der Waals surface area (Å²) in [5.41, 5.74) is 3.09. The van der Waals surface area contributed by atoms with Crippen molar-refractivity contribution in [2.45, 2.75) is 0 Å². The van der Waals surface area contributed by atoms with Gasteiger partial charge in [-0.05, 0) is 78.9 Å². The van der Waals surface area contributed by atoms with E-state index in [0.717, 1.165) is 32.6 Å². The average Bonchev–Trinajstić information content (AvgIpc) is 3.54. The van der Waals surface area contributed by atoms with Crippen molar-refractivity contribution in [3.63, 3.8) is 0 Å². The topological polar surface area (TPSA) is 119 Å². The summed E-state index contributed by atoms with van der Waals surface area (Å²) in [5.74, 6) is 4.93. The molecule has 4 aromatic carbocycles. The number of benzene rings is 4. The zero-order valence-electron chi connectivity index (χ0n) is 28.9. The van der Waals surface area contributed by atoms with E-state index in [0.29, 0.717) is 63.2 Å². The predicted molar refractivity (Wildman–Crippen MR) is 209 cm³/mol. The maximum absolute atomic E-state index is 6.40. The van der Waals surface area contributed by atoms with E-state index in [-0.39, 0.29) is 0 Å². The third-order valence-corrected chi connectivity index (χ3v) is 8.95. The molecule has 0 aliphatic rings. The van der Waals surface area contributed by atoms with Crippen LogP contribution in [-0.4, -0.2) is 34.5 Å². The summed E-state index contributed by atoms with van der Waals surface area (Å²) < 4.78 is 27.1. The normalized spacial score (nSPS) is 11.3. The van der Waals surface area contributed by atoms with E-state index in [4.69, 9.17) is 18.9 Å². The van der Waals surface area contributed by atoms with Gasteiger partial charge < -0.3 is 18.9 Å². The minimum absolute atomic E-state index is 0.421. The van der Waals surface area contributed by atoms with Gasteiger partial charge in [0.1, 0.15) is 45.5 Å². The largest absolute Gasteiger partial charge is 0.457 e. The lowest BCUT2D eigenvalue weighted by molar-refractivity contribution is 0.452. The van der Waals surface area contributed by atoms with Gasteiger partial charge in [0, 0.05) is 83.0 Å². The van der Waals surface area contributed by atoms with Crippen LogP contribution in [0.5, 0.6) is 46.3 Å². The summed E-state index contributed by atoms with van der Waals surface area (Å²) in [6.07, 6.45) is 10.3. The molecule has 0 spiro atoms. The quantitative estimate of drug-likeness (QED) is 0.143. The minimum Gasteiger partial charge on any atom is -0.457 e. The fraction of sp³-hybridized carbons (Fsp3) is 0. The van der Waals surface area contributed by atoms with Gasteiger partial charge >= 0.3 is 0 Å². The minimum atomic E-state index is 0.421. The van der Waals surface area contributed by atoms with Crippen LogP contribution in [0.15, 0.2) is 165 Å². The fourth-order valence-electron chi connectivity index (χ4n) is 6.53. The van der Waals surface area contributed by atoms with Crippen molar-refractivity contribution >= 4 is 43.6 Å². The van der Waals surface area contributed by atoms with Gasteiger partial charge in [0.05, 0.1) is 11.0 Å². The molecule has 0 N–H and O–H groups in total. The van der Waals surface area contributed by atoms with Crippen molar-refractivity contribution in [3.05, 3.63) is 165 Å². The molecular formula is C44H27N7O4. The van der Waals surface area contributed by atoms with Crippen LogP contribution in [0, 0.1) is 0 Å². The molecule has 0 amide bonds. The Labute approximate surface area is 313 Å². The molecule has 10 aromatic rings. The lowest BCUT2D eigenvalue weighted by Gasteiger charge is -2.11. The first kappa shape index (κ1) is 31.8. The number of ether oxygens (including phenoxy) is 4. The lowest BCUT2D eigenvalue weighted by atomic mass is 10.1. The standard InChI is InChI=1S/C44H27N7O4/c1-8-30(24-32(10-1)54-42-40-28(16-22-47-42)6-3-18-45-40)52-34-12-14-36-37-15-13-35(27-39(37)51(38(36)26-34)44-49-20-5-21-50-44)53-31-9-2-11-33(25-31)55-43-41-29(17-23-48-43)7-4-19-46-41/h1-27H. The van der Waals surface area contributed by atoms with Gasteiger partial charge in [-0.15, -0.1) is 0 Å². The van der Waals surface area contributed by atoms with Gasteiger partial charge in [0.2, 0.25) is 17.7 Å². The first-order valence-corrected chi connectivity index (χ1v) is 17.4. The maximum atomic E-state index is 6.40. The summed E-state index contributed by atoms with van der Waals surface area (Å²) in [7, 11) is 0. The van der Waals surface area contributed by atoms with E-state index in [2.05, 4.69) is 29.9 Å². The Hall–Kier alpha value is -7.92. The average molecular weight is 718 g/mol. The predicted octanol–water partition coefficient (Wildman–Crippen LogP) is 10.6. The van der Waals surface area contributed by atoms with Gasteiger partial charge in [-0.25, -0.2) is 19.9 Å². The smallest absolute Gasteiger partial charge is 0.246 e. The summed E-state index contributed by atoms with van der Waals surface area (Å²) in [6, 6.07) is 40.1. The van der Waals surface area contributed by atoms with E-state index in [9.17, 15) is 0 Å². The SMILES string of the molecule is c1cnc(-n2c3cc(Oc4cccc(Oc5nccc6cccnc56)c4)ccc3c3ccc(Oc4cccc(Oc5nccc6cccnc56)c4)cc32)nc1. The highest BCUT2D eigenvalue weighted by Gasteiger charge is 2.17. The molecule has 10 rings (SSSR count). The molecule has 55 heavy (non-hydrogen) atoms. The molecule has 6 aromatic heterocycles. The number of hydrogen-bond acceptors (Lipinski definition) is 10. The Kier molecular flexibility index (Phi) is 7.84. The Balaban J connectivity index is 0.966. The molecule has 11 nitrogen and oxygen atoms in total. The maximum Gasteiger partial charge on any atom is 0.246 e. The van der Waals surface area contributed by atoms with Gasteiger partial charge in [-0.2, -0.15) is 0 Å². The molecule has 0 bridgehead atoms. The van der Waals surface area contributed by atoms with Crippen molar-refractivity contribution in [1.82, 2.24) is 34.5 Å². The van der Waals surface area contributed by atoms with Gasteiger partial charge in [0.15, 0.2) is 0 Å². The van der Waals surface area contributed by atoms with E-state index >= 15 is 0 Å². The molecule has 0 saturated carbocycles. The Bertz CT molecular complexity index is 2830. The van der Waals surface area contributed by atoms with Crippen LogP contribution in [-0.2, 0) is 0 Å². The summed E-state index contributed by atoms with van der Waals surface area (Å²) in [4.78, 5) is 26.9. The lowest BCUT2D eigenvalue weighted by Crippen LogP contribution is -2.00. The number of aromatic nitrogens is 7. The zero-order chi connectivity index (χ0) is 36.6. The zero-order valence-corrected chi connectivity index (χ0v) is 28.9. The van der Waals surface area contributed by atoms with Gasteiger partial charge in [0.25, 0.3) is 0 Å². The third kappa shape index (κ3) is 6.21. The molecule has 262 valence electrons. The van der Waals surface area contributed by atoms with Gasteiger partial charge in [-0.1, -0.05) is 24.3 Å². The first-order valence-electron chi connectivity index (χ1n) is 17.4. The highest BCUT2D eigenvalue weighted by molar-refractivity contribution is 6.09. The van der Waals surface area contributed by atoms with Crippen LogP contribution in [0.4, 0.5) is 0 Å². The van der Waals surface area contributed by atoms with Crippen molar-refractivity contribution in [2.75, 3.05) is 0 Å². The number of rotatable bonds is 9. The Morgan fingerprint density at radius 1 is 0.345 bits per heavy atom. The molecule has 0 unspecified atom stereocenters. The van der Waals surface area contributed by atoms with E-state index in [1.54, 1.807) is 43.2 Å². The molecule has 0 radical (unpaired) electrons. The highest BCUT2D eigenvalue weighted by atomic mass is 16.5. The third-order valence-electron chi connectivity index (χ3n) is 8.95. The van der Waals surface area contributed by atoms with Crippen LogP contribution in [0.25, 0.3) is 49.6 Å². The summed E-state index contributed by atoms with van der Waals surface area (Å²) >= 11 is 0. The number of fused-ring (bicyclic) bond motifs is 5. The van der Waals surface area contributed by atoms with Crippen molar-refractivity contribution in [1.29, 1.82) is 0 Å². The highest BCUT2D eigenvalue weighted by Crippen LogP contribution is 2.38. The van der Waals surface area contributed by atoms with Crippen LogP contribution in [0.1, 0.15) is 0 Å². The van der Waals surface area contributed by atoms with Crippen molar-refractivity contribution < 1.29 is 18.9 Å². The molecular weight excluding hydrogens is 691 g/mol. The molecule has 11 heteroatoms. The summed E-state index contributed by atoms with van der Waals surface area (Å²) in [6.45, 7) is 0. The summed E-state index contributed by atoms with van der Waals surface area (Å²) in [5, 5.41) is 3.88. The Morgan fingerprint density at radius 3 is 1.31 bits per heavy atom.